The van der Waals surface area contributed by atoms with Crippen LogP contribution in [0.1, 0.15) is 23.2 Å². The summed E-state index contributed by atoms with van der Waals surface area (Å²) in [5, 5.41) is 16.6. The Morgan fingerprint density at radius 2 is 2.05 bits per heavy atom. The van der Waals surface area contributed by atoms with E-state index in [0.717, 1.165) is 12.8 Å². The molecule has 0 saturated heterocycles. The van der Waals surface area contributed by atoms with E-state index >= 15 is 0 Å². The van der Waals surface area contributed by atoms with Crippen LogP contribution < -0.4 is 10.6 Å². The number of nitrogens with zero attached hydrogens (tertiary/aromatic N) is 2. The second-order valence-electron chi connectivity index (χ2n) is 5.38. The molecule has 0 unspecified atom stereocenters. The maximum atomic E-state index is 12.0. The summed E-state index contributed by atoms with van der Waals surface area (Å²) in [5.41, 5.74) is 0.423. The van der Waals surface area contributed by atoms with Crippen molar-refractivity contribution in [3.8, 4) is 0 Å². The van der Waals surface area contributed by atoms with Gasteiger partial charge in [-0.1, -0.05) is 0 Å². The first-order valence-corrected chi connectivity index (χ1v) is 6.92. The molecule has 1 saturated carbocycles. The molecule has 1 aliphatic rings. The molecule has 118 valence electrons. The van der Waals surface area contributed by atoms with Crippen LogP contribution in [0.3, 0.4) is 0 Å². The second kappa shape index (κ2) is 6.42. The highest BCUT2D eigenvalue weighted by Gasteiger charge is 2.25. The average Bonchev–Trinajstić information content (AvgIpc) is 3.28. The van der Waals surface area contributed by atoms with Crippen molar-refractivity contribution in [2.75, 3.05) is 26.0 Å². The van der Waals surface area contributed by atoms with Gasteiger partial charge < -0.3 is 15.5 Å². The highest BCUT2D eigenvalue weighted by Crippen LogP contribution is 2.31. The molecule has 22 heavy (non-hydrogen) atoms. The van der Waals surface area contributed by atoms with Crippen LogP contribution in [0.25, 0.3) is 0 Å². The third-order valence-corrected chi connectivity index (χ3v) is 3.29. The minimum Gasteiger partial charge on any atom is -0.377 e. The second-order valence-corrected chi connectivity index (χ2v) is 5.38. The number of carbonyl (C=O) groups excluding carboxylic acids is 2. The van der Waals surface area contributed by atoms with Crippen molar-refractivity contribution in [2.45, 2.75) is 18.9 Å². The van der Waals surface area contributed by atoms with E-state index in [1.165, 1.54) is 23.1 Å². The quantitative estimate of drug-likeness (QED) is 0.602. The molecule has 8 nitrogen and oxygen atoms in total. The van der Waals surface area contributed by atoms with Gasteiger partial charge in [0, 0.05) is 31.8 Å². The molecule has 0 aliphatic heterocycles. The fourth-order valence-corrected chi connectivity index (χ4v) is 1.81. The van der Waals surface area contributed by atoms with Crippen LogP contribution in [0.5, 0.6) is 0 Å². The summed E-state index contributed by atoms with van der Waals surface area (Å²) in [6.07, 6.45) is 1.98. The molecule has 0 heterocycles. The molecular formula is C14H18N4O4. The Kier molecular flexibility index (Phi) is 4.59. The molecule has 1 fully saturated rings. The van der Waals surface area contributed by atoms with E-state index in [1.807, 2.05) is 0 Å². The topological polar surface area (TPSA) is 105 Å². The van der Waals surface area contributed by atoms with Gasteiger partial charge in [0.1, 0.15) is 5.69 Å². The van der Waals surface area contributed by atoms with E-state index in [1.54, 1.807) is 14.1 Å². The molecule has 0 aromatic heterocycles. The number of hydrogen-bond donors (Lipinski definition) is 2. The fraction of sp³-hybridized carbons (Fsp3) is 0.429. The summed E-state index contributed by atoms with van der Waals surface area (Å²) in [5.74, 6) is -0.772. The third kappa shape index (κ3) is 3.94. The van der Waals surface area contributed by atoms with Crippen LogP contribution in [0.2, 0.25) is 0 Å². The monoisotopic (exact) mass is 306 g/mol. The van der Waals surface area contributed by atoms with Crippen molar-refractivity contribution in [3.63, 3.8) is 0 Å². The molecule has 8 heteroatoms. The van der Waals surface area contributed by atoms with Crippen molar-refractivity contribution < 1.29 is 14.5 Å². The lowest BCUT2D eigenvalue weighted by Crippen LogP contribution is -2.36. The van der Waals surface area contributed by atoms with Gasteiger partial charge in [0.05, 0.1) is 11.5 Å². The Labute approximate surface area is 127 Å². The summed E-state index contributed by atoms with van der Waals surface area (Å²) in [6, 6.07) is 4.53. The lowest BCUT2D eigenvalue weighted by molar-refractivity contribution is -0.384. The lowest BCUT2D eigenvalue weighted by Gasteiger charge is -2.11. The maximum absolute atomic E-state index is 12.0. The number of likely N-dealkylation sites (N-methyl/N-ethyl adjacent to an activating group) is 1. The zero-order chi connectivity index (χ0) is 16.3. The van der Waals surface area contributed by atoms with Crippen molar-refractivity contribution in [1.29, 1.82) is 0 Å². The molecular weight excluding hydrogens is 288 g/mol. The number of nitro groups is 1. The molecule has 2 N–H and O–H groups in total. The van der Waals surface area contributed by atoms with E-state index in [0.29, 0.717) is 5.69 Å². The van der Waals surface area contributed by atoms with Crippen molar-refractivity contribution in [3.05, 3.63) is 33.9 Å². The number of hydrogen-bond acceptors (Lipinski definition) is 5. The number of carbonyl (C=O) groups is 2. The van der Waals surface area contributed by atoms with E-state index in [9.17, 15) is 19.7 Å². The summed E-state index contributed by atoms with van der Waals surface area (Å²) in [7, 11) is 3.16. The molecule has 0 spiro atoms. The Bertz CT molecular complexity index is 611. The predicted octanol–water partition coefficient (Wildman–Crippen LogP) is 0.987. The first kappa shape index (κ1) is 15.7. The minimum absolute atomic E-state index is 0.140. The minimum atomic E-state index is -0.521. The number of nitrogens with one attached hydrogen (secondary N) is 2. The Balaban J connectivity index is 2.10. The molecule has 1 aromatic rings. The first-order chi connectivity index (χ1) is 10.4. The van der Waals surface area contributed by atoms with Crippen molar-refractivity contribution in [2.24, 2.45) is 0 Å². The van der Waals surface area contributed by atoms with E-state index in [2.05, 4.69) is 10.6 Å². The largest absolute Gasteiger partial charge is 0.377 e. The van der Waals surface area contributed by atoms with Crippen molar-refractivity contribution in [1.82, 2.24) is 10.2 Å². The summed E-state index contributed by atoms with van der Waals surface area (Å²) >= 11 is 0. The van der Waals surface area contributed by atoms with Crippen molar-refractivity contribution >= 4 is 23.2 Å². The average molecular weight is 306 g/mol. The van der Waals surface area contributed by atoms with Crippen LogP contribution in [-0.2, 0) is 4.79 Å². The van der Waals surface area contributed by atoms with Gasteiger partial charge in [-0.3, -0.25) is 19.7 Å². The van der Waals surface area contributed by atoms with E-state index < -0.39 is 10.8 Å². The first-order valence-electron chi connectivity index (χ1n) is 6.92. The summed E-state index contributed by atoms with van der Waals surface area (Å²) < 4.78 is 0. The predicted molar refractivity (Wildman–Crippen MR) is 80.8 cm³/mol. The van der Waals surface area contributed by atoms with Gasteiger partial charge in [0.25, 0.3) is 11.6 Å². The zero-order valence-electron chi connectivity index (χ0n) is 12.5. The van der Waals surface area contributed by atoms with Crippen LogP contribution in [0.15, 0.2) is 18.2 Å². The molecule has 0 atom stereocenters. The smallest absolute Gasteiger partial charge is 0.293 e. The highest BCUT2D eigenvalue weighted by molar-refractivity contribution is 5.97. The number of nitro benzene ring substituents is 1. The van der Waals surface area contributed by atoms with Crippen LogP contribution in [-0.4, -0.2) is 48.3 Å². The molecule has 1 aromatic carbocycles. The Morgan fingerprint density at radius 1 is 1.36 bits per heavy atom. The van der Waals surface area contributed by atoms with E-state index in [-0.39, 0.29) is 29.7 Å². The number of anilines is 1. The number of rotatable bonds is 6. The standard InChI is InChI=1S/C14H18N4O4/c1-17(2)13(19)8-15-14(20)9-3-6-11(16-10-4-5-10)12(7-9)18(21)22/h3,6-7,10,16H,4-5,8H2,1-2H3,(H,15,20). The lowest BCUT2D eigenvalue weighted by atomic mass is 10.1. The van der Waals surface area contributed by atoms with Gasteiger partial charge in [0.2, 0.25) is 5.91 Å². The SMILES string of the molecule is CN(C)C(=O)CNC(=O)c1ccc(NC2CC2)c([N+](=O)[O-])c1. The van der Waals surface area contributed by atoms with Gasteiger partial charge >= 0.3 is 0 Å². The van der Waals surface area contributed by atoms with Crippen LogP contribution in [0, 0.1) is 10.1 Å². The molecule has 2 rings (SSSR count). The Morgan fingerprint density at radius 3 is 2.59 bits per heavy atom. The van der Waals surface area contributed by atoms with Crippen LogP contribution >= 0.6 is 0 Å². The number of amides is 2. The van der Waals surface area contributed by atoms with Gasteiger partial charge in [-0.15, -0.1) is 0 Å². The zero-order valence-corrected chi connectivity index (χ0v) is 12.5. The normalized spacial score (nSPS) is 13.4. The molecule has 0 bridgehead atoms. The van der Waals surface area contributed by atoms with E-state index in [4.69, 9.17) is 0 Å². The Hall–Kier alpha value is -2.64. The van der Waals surface area contributed by atoms with Gasteiger partial charge in [0.15, 0.2) is 0 Å². The summed E-state index contributed by atoms with van der Waals surface area (Å²) in [4.78, 5) is 35.4. The molecule has 2 amide bonds. The highest BCUT2D eigenvalue weighted by atomic mass is 16.6. The van der Waals surface area contributed by atoms with Gasteiger partial charge in [-0.05, 0) is 25.0 Å². The van der Waals surface area contributed by atoms with Gasteiger partial charge in [-0.2, -0.15) is 0 Å². The maximum Gasteiger partial charge on any atom is 0.293 e. The van der Waals surface area contributed by atoms with Gasteiger partial charge in [-0.25, -0.2) is 0 Å². The summed E-state index contributed by atoms with van der Waals surface area (Å²) in [6.45, 7) is -0.151. The fourth-order valence-electron chi connectivity index (χ4n) is 1.81. The number of benzene rings is 1. The third-order valence-electron chi connectivity index (χ3n) is 3.29. The van der Waals surface area contributed by atoms with Crippen LogP contribution in [0.4, 0.5) is 11.4 Å². The molecule has 0 radical (unpaired) electrons. The molecule has 1 aliphatic carbocycles.